The monoisotopic (exact) mass is 336 g/mol. The second-order valence-corrected chi connectivity index (χ2v) is 7.59. The van der Waals surface area contributed by atoms with Crippen LogP contribution in [0.5, 0.6) is 0 Å². The van der Waals surface area contributed by atoms with Crippen LogP contribution in [0.15, 0.2) is 4.42 Å². The molecule has 1 fully saturated rings. The van der Waals surface area contributed by atoms with E-state index in [-0.39, 0.29) is 23.7 Å². The molecule has 3 heterocycles. The van der Waals surface area contributed by atoms with E-state index in [2.05, 4.69) is 22.1 Å². The lowest BCUT2D eigenvalue weighted by molar-refractivity contribution is 0.0487. The average molecular weight is 336 g/mol. The van der Waals surface area contributed by atoms with E-state index in [4.69, 9.17) is 4.42 Å². The van der Waals surface area contributed by atoms with Gasteiger partial charge in [-0.15, -0.1) is 21.5 Å². The summed E-state index contributed by atoms with van der Waals surface area (Å²) >= 11 is 1.34. The van der Waals surface area contributed by atoms with Crippen molar-refractivity contribution in [2.45, 2.75) is 52.2 Å². The minimum atomic E-state index is -1.21. The number of carbonyl (C=O) groups excluding carboxylic acids is 1. The fourth-order valence-electron chi connectivity index (χ4n) is 2.61. The smallest absolute Gasteiger partial charge is 0.276 e. The zero-order valence-corrected chi connectivity index (χ0v) is 14.5. The molecular formula is C15H20N4O3S. The molecule has 0 spiro atoms. The molecule has 1 aliphatic heterocycles. The van der Waals surface area contributed by atoms with E-state index in [1.807, 2.05) is 11.8 Å². The third kappa shape index (κ3) is 3.00. The third-order valence-electron chi connectivity index (χ3n) is 3.94. The molecule has 1 aliphatic rings. The van der Waals surface area contributed by atoms with Crippen LogP contribution in [0.25, 0.3) is 10.9 Å². The Morgan fingerprint density at radius 3 is 2.74 bits per heavy atom. The average Bonchev–Trinajstić information content (AvgIpc) is 3.15. The molecule has 1 amide bonds. The number of aliphatic hydroxyl groups is 1. The summed E-state index contributed by atoms with van der Waals surface area (Å²) in [6.45, 7) is 7.83. The minimum Gasteiger partial charge on any atom is -0.415 e. The van der Waals surface area contributed by atoms with Crippen LogP contribution in [0.3, 0.4) is 0 Å². The normalized spacial score (nSPS) is 18.7. The molecule has 124 valence electrons. The van der Waals surface area contributed by atoms with Gasteiger partial charge in [0, 0.05) is 17.5 Å². The molecule has 1 N–H and O–H groups in total. The lowest BCUT2D eigenvalue weighted by atomic mass is 10.1. The Kier molecular flexibility index (Phi) is 3.97. The number of nitrogens with zero attached hydrogens (tertiary/aromatic N) is 4. The highest BCUT2D eigenvalue weighted by molar-refractivity contribution is 7.15. The standard InChI is InChI=1S/C15H20N4O3S/c1-8-6-5-7-19(8)13(20)10-9(2)23-12(16-10)11-17-18-14(22-11)15(3,4)21/h8,21H,5-7H2,1-4H3/t8-/m0/s1. The first kappa shape index (κ1) is 16.1. The van der Waals surface area contributed by atoms with Crippen LogP contribution >= 0.6 is 11.3 Å². The van der Waals surface area contributed by atoms with Gasteiger partial charge >= 0.3 is 0 Å². The van der Waals surface area contributed by atoms with Gasteiger partial charge < -0.3 is 14.4 Å². The first-order chi connectivity index (χ1) is 10.8. The van der Waals surface area contributed by atoms with Crippen molar-refractivity contribution in [3.05, 3.63) is 16.5 Å². The third-order valence-corrected chi connectivity index (χ3v) is 4.90. The van der Waals surface area contributed by atoms with Crippen LogP contribution < -0.4 is 0 Å². The topological polar surface area (TPSA) is 92.4 Å². The number of likely N-dealkylation sites (tertiary alicyclic amines) is 1. The Bertz CT molecular complexity index is 731. The van der Waals surface area contributed by atoms with Crippen molar-refractivity contribution in [2.75, 3.05) is 6.54 Å². The number of thiazole rings is 1. The minimum absolute atomic E-state index is 0.0442. The van der Waals surface area contributed by atoms with Crippen molar-refractivity contribution in [2.24, 2.45) is 0 Å². The van der Waals surface area contributed by atoms with Gasteiger partial charge in [0.2, 0.25) is 5.89 Å². The van der Waals surface area contributed by atoms with Gasteiger partial charge in [0.25, 0.3) is 11.8 Å². The molecular weight excluding hydrogens is 316 g/mol. The largest absolute Gasteiger partial charge is 0.415 e. The first-order valence-electron chi connectivity index (χ1n) is 7.62. The second-order valence-electron chi connectivity index (χ2n) is 6.38. The van der Waals surface area contributed by atoms with Crippen LogP contribution in [0, 0.1) is 6.92 Å². The maximum Gasteiger partial charge on any atom is 0.276 e. The van der Waals surface area contributed by atoms with Crippen LogP contribution in [0.4, 0.5) is 0 Å². The molecule has 1 saturated heterocycles. The summed E-state index contributed by atoms with van der Waals surface area (Å²) in [5.41, 5.74) is -0.761. The second kappa shape index (κ2) is 5.68. The highest BCUT2D eigenvalue weighted by atomic mass is 32.1. The van der Waals surface area contributed by atoms with Crippen molar-refractivity contribution in [1.29, 1.82) is 0 Å². The molecule has 2 aromatic heterocycles. The Labute approximate surface area is 138 Å². The Balaban J connectivity index is 1.89. The number of amides is 1. The van der Waals surface area contributed by atoms with E-state index < -0.39 is 5.60 Å². The number of hydrogen-bond donors (Lipinski definition) is 1. The maximum atomic E-state index is 12.7. The fraction of sp³-hybridized carbons (Fsp3) is 0.600. The van der Waals surface area contributed by atoms with E-state index in [0.717, 1.165) is 24.3 Å². The molecule has 3 rings (SSSR count). The molecule has 1 atom stereocenters. The number of aryl methyl sites for hydroxylation is 1. The number of aromatic nitrogens is 3. The number of rotatable bonds is 3. The fourth-order valence-corrected chi connectivity index (χ4v) is 3.44. The summed E-state index contributed by atoms with van der Waals surface area (Å²) in [6.07, 6.45) is 2.06. The van der Waals surface area contributed by atoms with Crippen molar-refractivity contribution >= 4 is 17.2 Å². The highest BCUT2D eigenvalue weighted by Crippen LogP contribution is 2.30. The van der Waals surface area contributed by atoms with Gasteiger partial charge in [0.15, 0.2) is 5.01 Å². The van der Waals surface area contributed by atoms with Gasteiger partial charge in [-0.3, -0.25) is 4.79 Å². The molecule has 0 unspecified atom stereocenters. The van der Waals surface area contributed by atoms with Crippen LogP contribution in [-0.2, 0) is 5.60 Å². The van der Waals surface area contributed by atoms with Crippen LogP contribution in [-0.4, -0.2) is 43.7 Å². The van der Waals surface area contributed by atoms with Crippen LogP contribution in [0.2, 0.25) is 0 Å². The van der Waals surface area contributed by atoms with Crippen molar-refractivity contribution in [1.82, 2.24) is 20.1 Å². The van der Waals surface area contributed by atoms with Crippen molar-refractivity contribution in [3.63, 3.8) is 0 Å². The quantitative estimate of drug-likeness (QED) is 0.925. The van der Waals surface area contributed by atoms with E-state index in [1.54, 1.807) is 13.8 Å². The van der Waals surface area contributed by atoms with Crippen LogP contribution in [0.1, 0.15) is 54.9 Å². The molecule has 8 heteroatoms. The summed E-state index contributed by atoms with van der Waals surface area (Å²) in [6, 6.07) is 0.247. The summed E-state index contributed by atoms with van der Waals surface area (Å²) in [5, 5.41) is 18.2. The molecule has 23 heavy (non-hydrogen) atoms. The lowest BCUT2D eigenvalue weighted by Crippen LogP contribution is -2.34. The number of hydrogen-bond acceptors (Lipinski definition) is 7. The summed E-state index contributed by atoms with van der Waals surface area (Å²) in [4.78, 5) is 19.7. The number of carbonyl (C=O) groups is 1. The Morgan fingerprint density at radius 2 is 2.17 bits per heavy atom. The predicted octanol–water partition coefficient (Wildman–Crippen LogP) is 2.35. The zero-order chi connectivity index (χ0) is 16.8. The lowest BCUT2D eigenvalue weighted by Gasteiger charge is -2.20. The van der Waals surface area contributed by atoms with E-state index in [1.165, 1.54) is 11.3 Å². The Morgan fingerprint density at radius 1 is 1.43 bits per heavy atom. The van der Waals surface area contributed by atoms with Gasteiger partial charge in [-0.1, -0.05) is 0 Å². The zero-order valence-electron chi connectivity index (χ0n) is 13.7. The molecule has 0 bridgehead atoms. The first-order valence-corrected chi connectivity index (χ1v) is 8.44. The summed E-state index contributed by atoms with van der Waals surface area (Å²) in [5.74, 6) is 0.308. The SMILES string of the molecule is Cc1sc(-c2nnc(C(C)(C)O)o2)nc1C(=O)N1CCC[C@@H]1C. The molecule has 7 nitrogen and oxygen atoms in total. The predicted molar refractivity (Wildman–Crippen MR) is 85.1 cm³/mol. The molecule has 0 aromatic carbocycles. The van der Waals surface area contributed by atoms with Gasteiger partial charge in [-0.05, 0) is 40.5 Å². The van der Waals surface area contributed by atoms with Crippen molar-refractivity contribution < 1.29 is 14.3 Å². The summed E-state index contributed by atoms with van der Waals surface area (Å²) in [7, 11) is 0. The van der Waals surface area contributed by atoms with Gasteiger partial charge in [0.1, 0.15) is 11.3 Å². The van der Waals surface area contributed by atoms with E-state index in [0.29, 0.717) is 10.7 Å². The molecule has 0 saturated carbocycles. The van der Waals surface area contributed by atoms with E-state index >= 15 is 0 Å². The highest BCUT2D eigenvalue weighted by Gasteiger charge is 2.30. The van der Waals surface area contributed by atoms with Crippen molar-refractivity contribution in [3.8, 4) is 10.9 Å². The van der Waals surface area contributed by atoms with E-state index in [9.17, 15) is 9.90 Å². The van der Waals surface area contributed by atoms with Gasteiger partial charge in [0.05, 0.1) is 0 Å². The van der Waals surface area contributed by atoms with Gasteiger partial charge in [-0.25, -0.2) is 4.98 Å². The molecule has 0 radical (unpaired) electrons. The molecule has 2 aromatic rings. The summed E-state index contributed by atoms with van der Waals surface area (Å²) < 4.78 is 5.48. The molecule has 0 aliphatic carbocycles. The van der Waals surface area contributed by atoms with Gasteiger partial charge in [-0.2, -0.15) is 0 Å². The Hall–Kier alpha value is -1.80. The maximum absolute atomic E-state index is 12.7.